The molecule has 14 heavy (non-hydrogen) atoms. The first kappa shape index (κ1) is 10.6. The minimum atomic E-state index is 0.149. The first-order valence-corrected chi connectivity index (χ1v) is 4.75. The largest absolute Gasteiger partial charge is 0.477 e. The van der Waals surface area contributed by atoms with Crippen LogP contribution in [0.2, 0.25) is 0 Å². The minimum Gasteiger partial charge on any atom is -0.477 e. The Morgan fingerprint density at radius 1 is 1.29 bits per heavy atom. The van der Waals surface area contributed by atoms with Crippen LogP contribution < -0.4 is 16.2 Å². The molecule has 1 heterocycles. The molecule has 1 rings (SSSR count). The molecule has 5 heteroatoms. The molecule has 0 unspecified atom stereocenters. The molecule has 5 nitrogen and oxygen atoms in total. The van der Waals surface area contributed by atoms with Crippen molar-refractivity contribution < 1.29 is 4.74 Å². The van der Waals surface area contributed by atoms with Gasteiger partial charge in [0.1, 0.15) is 5.82 Å². The number of rotatable bonds is 5. The average Bonchev–Trinajstić information content (AvgIpc) is 2.11. The number of hydrogen-bond donors (Lipinski definition) is 2. The zero-order chi connectivity index (χ0) is 10.4. The Balaban J connectivity index is 2.42. The van der Waals surface area contributed by atoms with Gasteiger partial charge in [0.25, 0.3) is 0 Å². The van der Waals surface area contributed by atoms with Crippen molar-refractivity contribution in [3.63, 3.8) is 0 Å². The third-order valence-electron chi connectivity index (χ3n) is 1.74. The highest BCUT2D eigenvalue weighted by Crippen LogP contribution is 2.12. The highest BCUT2D eigenvalue weighted by Gasteiger charge is 1.99. The molecule has 0 fully saturated rings. The van der Waals surface area contributed by atoms with Gasteiger partial charge in [-0.3, -0.25) is 0 Å². The van der Waals surface area contributed by atoms with Gasteiger partial charge in [0.05, 0.1) is 6.61 Å². The van der Waals surface area contributed by atoms with Gasteiger partial charge in [-0.15, -0.1) is 0 Å². The maximum Gasteiger partial charge on any atom is 0.225 e. The molecule has 0 saturated heterocycles. The summed E-state index contributed by atoms with van der Waals surface area (Å²) in [6.07, 6.45) is 3.33. The number of nitrogens with two attached hydrogens (primary N) is 2. The highest BCUT2D eigenvalue weighted by molar-refractivity contribution is 5.38. The van der Waals surface area contributed by atoms with E-state index < -0.39 is 0 Å². The number of nitrogens with zero attached hydrogens (tertiary/aromatic N) is 2. The Bertz CT molecular complexity index is 270. The lowest BCUT2D eigenvalue weighted by Crippen LogP contribution is -2.04. The minimum absolute atomic E-state index is 0.149. The zero-order valence-electron chi connectivity index (χ0n) is 8.36. The van der Waals surface area contributed by atoms with Crippen molar-refractivity contribution in [2.45, 2.75) is 26.2 Å². The quantitative estimate of drug-likeness (QED) is 0.691. The Morgan fingerprint density at radius 2 is 2.07 bits per heavy atom. The molecule has 0 aliphatic carbocycles. The number of hydrogen-bond acceptors (Lipinski definition) is 5. The fourth-order valence-electron chi connectivity index (χ4n) is 1.06. The Kier molecular flexibility index (Phi) is 3.97. The van der Waals surface area contributed by atoms with Crippen LogP contribution in [-0.2, 0) is 0 Å². The second kappa shape index (κ2) is 5.26. The summed E-state index contributed by atoms with van der Waals surface area (Å²) in [6.45, 7) is 2.78. The molecular weight excluding hydrogens is 180 g/mol. The maximum atomic E-state index is 5.48. The van der Waals surface area contributed by atoms with Crippen molar-refractivity contribution in [1.82, 2.24) is 9.97 Å². The molecule has 4 N–H and O–H groups in total. The van der Waals surface area contributed by atoms with Crippen molar-refractivity contribution in [1.29, 1.82) is 0 Å². The van der Waals surface area contributed by atoms with Crippen LogP contribution in [0.5, 0.6) is 5.88 Å². The lowest BCUT2D eigenvalue weighted by Gasteiger charge is -2.05. The number of anilines is 2. The number of aromatic nitrogens is 2. The number of nitrogen functional groups attached to an aromatic ring is 2. The summed E-state index contributed by atoms with van der Waals surface area (Å²) < 4.78 is 5.36. The molecule has 0 bridgehead atoms. The topological polar surface area (TPSA) is 87.0 Å². The van der Waals surface area contributed by atoms with Gasteiger partial charge < -0.3 is 16.2 Å². The molecule has 0 amide bonds. The van der Waals surface area contributed by atoms with E-state index in [1.807, 2.05) is 0 Å². The van der Waals surface area contributed by atoms with Crippen molar-refractivity contribution in [3.8, 4) is 5.88 Å². The molecule has 1 aromatic rings. The van der Waals surface area contributed by atoms with Gasteiger partial charge in [-0.2, -0.15) is 9.97 Å². The Morgan fingerprint density at radius 3 is 2.71 bits per heavy atom. The van der Waals surface area contributed by atoms with Crippen molar-refractivity contribution in [3.05, 3.63) is 6.07 Å². The average molecular weight is 196 g/mol. The van der Waals surface area contributed by atoms with Gasteiger partial charge in [-0.25, -0.2) is 0 Å². The summed E-state index contributed by atoms with van der Waals surface area (Å²) >= 11 is 0. The van der Waals surface area contributed by atoms with Gasteiger partial charge in [-0.05, 0) is 6.42 Å². The molecule has 0 atom stereocenters. The predicted octanol–water partition coefficient (Wildman–Crippen LogP) is 1.21. The van der Waals surface area contributed by atoms with E-state index in [2.05, 4.69) is 16.9 Å². The van der Waals surface area contributed by atoms with Crippen molar-refractivity contribution in [2.24, 2.45) is 0 Å². The molecule has 1 aromatic heterocycles. The normalized spacial score (nSPS) is 10.1. The van der Waals surface area contributed by atoms with Gasteiger partial charge in [0.15, 0.2) is 0 Å². The summed E-state index contributed by atoms with van der Waals surface area (Å²) in [6, 6.07) is 1.57. The first-order chi connectivity index (χ1) is 6.72. The van der Waals surface area contributed by atoms with E-state index in [0.29, 0.717) is 18.3 Å². The van der Waals surface area contributed by atoms with Crippen molar-refractivity contribution in [2.75, 3.05) is 18.1 Å². The van der Waals surface area contributed by atoms with Crippen LogP contribution >= 0.6 is 0 Å². The van der Waals surface area contributed by atoms with Gasteiger partial charge >= 0.3 is 0 Å². The lowest BCUT2D eigenvalue weighted by molar-refractivity contribution is 0.295. The number of unbranched alkanes of at least 4 members (excludes halogenated alkanes) is 2. The van der Waals surface area contributed by atoms with Crippen LogP contribution in [0.25, 0.3) is 0 Å². The van der Waals surface area contributed by atoms with Gasteiger partial charge in [0, 0.05) is 6.07 Å². The summed E-state index contributed by atoms with van der Waals surface area (Å²) in [7, 11) is 0. The maximum absolute atomic E-state index is 5.48. The second-order valence-corrected chi connectivity index (χ2v) is 3.04. The molecule has 0 aliphatic heterocycles. The van der Waals surface area contributed by atoms with E-state index in [9.17, 15) is 0 Å². The summed E-state index contributed by atoms with van der Waals surface area (Å²) in [5, 5.41) is 0. The molecule has 0 saturated carbocycles. The van der Waals surface area contributed by atoms with Crippen molar-refractivity contribution >= 4 is 11.8 Å². The van der Waals surface area contributed by atoms with E-state index in [1.165, 1.54) is 0 Å². The molecule has 0 spiro atoms. The Labute approximate surface area is 83.5 Å². The fourth-order valence-corrected chi connectivity index (χ4v) is 1.06. The second-order valence-electron chi connectivity index (χ2n) is 3.04. The third kappa shape index (κ3) is 3.47. The van der Waals surface area contributed by atoms with Crippen LogP contribution in [-0.4, -0.2) is 16.6 Å². The van der Waals surface area contributed by atoms with E-state index in [-0.39, 0.29) is 5.95 Å². The zero-order valence-corrected chi connectivity index (χ0v) is 8.36. The molecule has 0 aromatic carbocycles. The molecular formula is C9H16N4O. The van der Waals surface area contributed by atoms with Crippen LogP contribution in [0, 0.1) is 0 Å². The Hall–Kier alpha value is -1.52. The van der Waals surface area contributed by atoms with Crippen LogP contribution in [0.15, 0.2) is 6.07 Å². The van der Waals surface area contributed by atoms with E-state index >= 15 is 0 Å². The standard InChI is InChI=1S/C9H16N4O/c1-2-3-4-5-14-8-6-7(10)12-9(11)13-8/h6H,2-5H2,1H3,(H4,10,11,12,13). The monoisotopic (exact) mass is 196 g/mol. The third-order valence-corrected chi connectivity index (χ3v) is 1.74. The number of ether oxygens (including phenoxy) is 1. The summed E-state index contributed by atoms with van der Waals surface area (Å²) in [4.78, 5) is 7.64. The highest BCUT2D eigenvalue weighted by atomic mass is 16.5. The summed E-state index contributed by atoms with van der Waals surface area (Å²) in [5.74, 6) is 0.935. The van der Waals surface area contributed by atoms with E-state index in [4.69, 9.17) is 16.2 Å². The van der Waals surface area contributed by atoms with Gasteiger partial charge in [-0.1, -0.05) is 19.8 Å². The van der Waals surface area contributed by atoms with Gasteiger partial charge in [0.2, 0.25) is 11.8 Å². The van der Waals surface area contributed by atoms with Crippen LogP contribution in [0.1, 0.15) is 26.2 Å². The predicted molar refractivity (Wildman–Crippen MR) is 55.9 cm³/mol. The van der Waals surface area contributed by atoms with E-state index in [1.54, 1.807) is 6.07 Å². The molecule has 78 valence electrons. The molecule has 0 aliphatic rings. The SMILES string of the molecule is CCCCCOc1cc(N)nc(N)n1. The molecule has 0 radical (unpaired) electrons. The van der Waals surface area contributed by atoms with Crippen LogP contribution in [0.3, 0.4) is 0 Å². The smallest absolute Gasteiger partial charge is 0.225 e. The fraction of sp³-hybridized carbons (Fsp3) is 0.556. The van der Waals surface area contributed by atoms with Crippen LogP contribution in [0.4, 0.5) is 11.8 Å². The first-order valence-electron chi connectivity index (χ1n) is 4.75. The summed E-state index contributed by atoms with van der Waals surface area (Å²) in [5.41, 5.74) is 10.9. The lowest BCUT2D eigenvalue weighted by atomic mass is 10.3. The van der Waals surface area contributed by atoms with E-state index in [0.717, 1.165) is 19.3 Å².